The van der Waals surface area contributed by atoms with Crippen LogP contribution < -0.4 is 10.6 Å². The second kappa shape index (κ2) is 6.53. The van der Waals surface area contributed by atoms with Crippen molar-refractivity contribution in [1.29, 1.82) is 0 Å². The molecule has 0 aromatic heterocycles. The SMILES string of the molecule is CNCC1(CNCCc2ccc(C)c(C)c2)CCC1. The third-order valence-corrected chi connectivity index (χ3v) is 4.63. The Morgan fingerprint density at radius 1 is 1.11 bits per heavy atom. The van der Waals surface area contributed by atoms with Gasteiger partial charge in [-0.3, -0.25) is 0 Å². The zero-order valence-corrected chi connectivity index (χ0v) is 12.7. The lowest BCUT2D eigenvalue weighted by Gasteiger charge is -2.42. The van der Waals surface area contributed by atoms with Gasteiger partial charge < -0.3 is 10.6 Å². The molecular weight excluding hydrogens is 232 g/mol. The summed E-state index contributed by atoms with van der Waals surface area (Å²) in [6.07, 6.45) is 5.30. The Balaban J connectivity index is 1.73. The highest BCUT2D eigenvalue weighted by Crippen LogP contribution is 2.39. The van der Waals surface area contributed by atoms with E-state index in [0.29, 0.717) is 5.41 Å². The van der Waals surface area contributed by atoms with E-state index in [1.807, 2.05) is 0 Å². The van der Waals surface area contributed by atoms with Crippen molar-refractivity contribution in [3.05, 3.63) is 34.9 Å². The van der Waals surface area contributed by atoms with Gasteiger partial charge in [0.2, 0.25) is 0 Å². The van der Waals surface area contributed by atoms with Crippen LogP contribution in [0.2, 0.25) is 0 Å². The molecule has 0 aliphatic heterocycles. The third kappa shape index (κ3) is 3.80. The van der Waals surface area contributed by atoms with E-state index in [9.17, 15) is 0 Å². The number of hydrogen-bond acceptors (Lipinski definition) is 2. The standard InChI is InChI=1S/C17H28N2/c1-14-5-6-16(11-15(14)2)7-10-19-13-17(12-18-3)8-4-9-17/h5-6,11,18-19H,4,7-10,12-13H2,1-3H3. The summed E-state index contributed by atoms with van der Waals surface area (Å²) in [5.74, 6) is 0. The molecule has 0 radical (unpaired) electrons. The first-order chi connectivity index (χ1) is 9.15. The molecule has 2 N–H and O–H groups in total. The topological polar surface area (TPSA) is 24.1 Å². The van der Waals surface area contributed by atoms with E-state index in [4.69, 9.17) is 0 Å². The van der Waals surface area contributed by atoms with Crippen molar-refractivity contribution >= 4 is 0 Å². The minimum Gasteiger partial charge on any atom is -0.319 e. The summed E-state index contributed by atoms with van der Waals surface area (Å²) in [5, 5.41) is 7.00. The second-order valence-electron chi connectivity index (χ2n) is 6.23. The number of rotatable bonds is 7. The van der Waals surface area contributed by atoms with Gasteiger partial charge in [-0.25, -0.2) is 0 Å². The van der Waals surface area contributed by atoms with Gasteiger partial charge in [-0.15, -0.1) is 0 Å². The largest absolute Gasteiger partial charge is 0.319 e. The third-order valence-electron chi connectivity index (χ3n) is 4.63. The van der Waals surface area contributed by atoms with Crippen LogP contribution in [0, 0.1) is 19.3 Å². The molecule has 1 aromatic carbocycles. The molecule has 0 atom stereocenters. The fourth-order valence-corrected chi connectivity index (χ4v) is 3.01. The van der Waals surface area contributed by atoms with Crippen LogP contribution in [0.4, 0.5) is 0 Å². The first kappa shape index (κ1) is 14.5. The van der Waals surface area contributed by atoms with Gasteiger partial charge in [0.25, 0.3) is 0 Å². The van der Waals surface area contributed by atoms with Crippen molar-refractivity contribution < 1.29 is 0 Å². The van der Waals surface area contributed by atoms with Gasteiger partial charge in [0, 0.05) is 13.1 Å². The molecule has 0 unspecified atom stereocenters. The molecule has 1 fully saturated rings. The Kier molecular flexibility index (Phi) is 5.00. The monoisotopic (exact) mass is 260 g/mol. The predicted octanol–water partition coefficient (Wildman–Crippen LogP) is 2.83. The van der Waals surface area contributed by atoms with Crippen LogP contribution in [-0.4, -0.2) is 26.7 Å². The predicted molar refractivity (Wildman–Crippen MR) is 82.7 cm³/mol. The van der Waals surface area contributed by atoms with Crippen molar-refractivity contribution in [1.82, 2.24) is 10.6 Å². The van der Waals surface area contributed by atoms with E-state index in [1.165, 1.54) is 42.5 Å². The highest BCUT2D eigenvalue weighted by atomic mass is 14.9. The van der Waals surface area contributed by atoms with Crippen LogP contribution >= 0.6 is 0 Å². The van der Waals surface area contributed by atoms with Gasteiger partial charge in [-0.05, 0) is 68.8 Å². The molecular formula is C17H28N2. The lowest BCUT2D eigenvalue weighted by atomic mass is 9.68. The Morgan fingerprint density at radius 3 is 2.47 bits per heavy atom. The summed E-state index contributed by atoms with van der Waals surface area (Å²) >= 11 is 0. The van der Waals surface area contributed by atoms with E-state index in [0.717, 1.165) is 19.5 Å². The minimum atomic E-state index is 0.540. The van der Waals surface area contributed by atoms with E-state index in [2.05, 4.69) is 49.7 Å². The number of hydrogen-bond donors (Lipinski definition) is 2. The highest BCUT2D eigenvalue weighted by Gasteiger charge is 2.35. The minimum absolute atomic E-state index is 0.540. The van der Waals surface area contributed by atoms with Gasteiger partial charge in [0.1, 0.15) is 0 Å². The first-order valence-electron chi connectivity index (χ1n) is 7.57. The van der Waals surface area contributed by atoms with Crippen LogP contribution in [-0.2, 0) is 6.42 Å². The first-order valence-corrected chi connectivity index (χ1v) is 7.57. The summed E-state index contributed by atoms with van der Waals surface area (Å²) in [4.78, 5) is 0. The fraction of sp³-hybridized carbons (Fsp3) is 0.647. The normalized spacial score (nSPS) is 17.2. The molecule has 106 valence electrons. The average Bonchev–Trinajstić information content (AvgIpc) is 2.35. The van der Waals surface area contributed by atoms with Gasteiger partial charge >= 0.3 is 0 Å². The van der Waals surface area contributed by atoms with Gasteiger partial charge in [0.05, 0.1) is 0 Å². The maximum absolute atomic E-state index is 3.66. The van der Waals surface area contributed by atoms with Crippen molar-refractivity contribution in [3.8, 4) is 0 Å². The summed E-state index contributed by atoms with van der Waals surface area (Å²) < 4.78 is 0. The van der Waals surface area contributed by atoms with Crippen molar-refractivity contribution in [3.63, 3.8) is 0 Å². The molecule has 0 heterocycles. The molecule has 0 amide bonds. The van der Waals surface area contributed by atoms with Gasteiger partial charge in [0.15, 0.2) is 0 Å². The summed E-state index contributed by atoms with van der Waals surface area (Å²) in [6.45, 7) is 7.79. The number of aryl methyl sites for hydroxylation is 2. The lowest BCUT2D eigenvalue weighted by Crippen LogP contribution is -2.46. The quantitative estimate of drug-likeness (QED) is 0.737. The molecule has 2 rings (SSSR count). The van der Waals surface area contributed by atoms with Crippen molar-refractivity contribution in [2.24, 2.45) is 5.41 Å². The molecule has 1 aromatic rings. The van der Waals surface area contributed by atoms with Crippen molar-refractivity contribution in [2.75, 3.05) is 26.7 Å². The molecule has 1 saturated carbocycles. The maximum Gasteiger partial charge on any atom is 0.00201 e. The van der Waals surface area contributed by atoms with Crippen LogP contribution in [0.15, 0.2) is 18.2 Å². The lowest BCUT2D eigenvalue weighted by molar-refractivity contribution is 0.131. The molecule has 1 aliphatic rings. The maximum atomic E-state index is 3.66. The van der Waals surface area contributed by atoms with E-state index >= 15 is 0 Å². The Hall–Kier alpha value is -0.860. The number of benzene rings is 1. The van der Waals surface area contributed by atoms with Crippen LogP contribution in [0.3, 0.4) is 0 Å². The second-order valence-corrected chi connectivity index (χ2v) is 6.23. The highest BCUT2D eigenvalue weighted by molar-refractivity contribution is 5.30. The smallest absolute Gasteiger partial charge is 0.00201 e. The molecule has 0 spiro atoms. The zero-order chi connectivity index (χ0) is 13.7. The Bertz CT molecular complexity index is 408. The van der Waals surface area contributed by atoms with Crippen LogP contribution in [0.25, 0.3) is 0 Å². The van der Waals surface area contributed by atoms with E-state index in [1.54, 1.807) is 0 Å². The Labute approximate surface area is 118 Å². The molecule has 1 aliphatic carbocycles. The van der Waals surface area contributed by atoms with Gasteiger partial charge in [-0.1, -0.05) is 24.6 Å². The average molecular weight is 260 g/mol. The molecule has 0 bridgehead atoms. The zero-order valence-electron chi connectivity index (χ0n) is 12.7. The molecule has 19 heavy (non-hydrogen) atoms. The van der Waals surface area contributed by atoms with E-state index in [-0.39, 0.29) is 0 Å². The van der Waals surface area contributed by atoms with Crippen LogP contribution in [0.1, 0.15) is 36.0 Å². The fourth-order valence-electron chi connectivity index (χ4n) is 3.01. The van der Waals surface area contributed by atoms with E-state index < -0.39 is 0 Å². The van der Waals surface area contributed by atoms with Crippen molar-refractivity contribution in [2.45, 2.75) is 39.5 Å². The number of nitrogens with one attached hydrogen (secondary N) is 2. The Morgan fingerprint density at radius 2 is 1.89 bits per heavy atom. The molecule has 0 saturated heterocycles. The van der Waals surface area contributed by atoms with Gasteiger partial charge in [-0.2, -0.15) is 0 Å². The van der Waals surface area contributed by atoms with Crippen LogP contribution in [0.5, 0.6) is 0 Å². The molecule has 2 heteroatoms. The summed E-state index contributed by atoms with van der Waals surface area (Å²) in [7, 11) is 2.06. The summed E-state index contributed by atoms with van der Waals surface area (Å²) in [5.41, 5.74) is 4.78. The molecule has 2 nitrogen and oxygen atoms in total. The summed E-state index contributed by atoms with van der Waals surface area (Å²) in [6, 6.07) is 6.82.